The molecule has 12 heteroatoms. The molecule has 1 aliphatic heterocycles. The average Bonchev–Trinajstić information content (AvgIpc) is 2.89. The van der Waals surface area contributed by atoms with E-state index in [9.17, 15) is 18.9 Å². The molecule has 1 saturated heterocycles. The molecule has 0 radical (unpaired) electrons. The van der Waals surface area contributed by atoms with Crippen molar-refractivity contribution in [3.8, 4) is 5.75 Å². The van der Waals surface area contributed by atoms with Crippen LogP contribution < -0.4 is 15.9 Å². The van der Waals surface area contributed by atoms with Crippen molar-refractivity contribution in [2.45, 2.75) is 44.1 Å². The fraction of sp³-hybridized carbons (Fsp3) is 0.412. The van der Waals surface area contributed by atoms with E-state index in [2.05, 4.69) is 4.98 Å². The molecule has 1 aromatic carbocycles. The van der Waals surface area contributed by atoms with Crippen LogP contribution >= 0.6 is 8.25 Å². The van der Waals surface area contributed by atoms with Crippen molar-refractivity contribution >= 4 is 14.1 Å². The minimum absolute atomic E-state index is 0.305. The number of aliphatic hydroxyl groups excluding tert-OH is 1. The Morgan fingerprint density at radius 2 is 2.07 bits per heavy atom. The van der Waals surface area contributed by atoms with Gasteiger partial charge in [0.2, 0.25) is 0 Å². The van der Waals surface area contributed by atoms with Gasteiger partial charge in [0, 0.05) is 0 Å². The first-order valence-corrected chi connectivity index (χ1v) is 9.84. The van der Waals surface area contributed by atoms with Crippen LogP contribution in [0.15, 0.2) is 41.3 Å². The summed E-state index contributed by atoms with van der Waals surface area (Å²) in [4.78, 5) is 15.3. The molecule has 1 fully saturated rings. The lowest BCUT2D eigenvalue weighted by Crippen LogP contribution is -2.44. The van der Waals surface area contributed by atoms with Crippen molar-refractivity contribution < 1.29 is 32.2 Å². The van der Waals surface area contributed by atoms with E-state index in [1.807, 2.05) is 0 Å². The Labute approximate surface area is 165 Å². The predicted octanol–water partition coefficient (Wildman–Crippen LogP) is 1.82. The fourth-order valence-electron chi connectivity index (χ4n) is 2.98. The number of halogens is 2. The number of nitrogens with two attached hydrogens (primary N) is 1. The van der Waals surface area contributed by atoms with Gasteiger partial charge in [0.1, 0.15) is 18.0 Å². The molecule has 1 aliphatic rings. The van der Waals surface area contributed by atoms with E-state index in [0.29, 0.717) is 16.5 Å². The van der Waals surface area contributed by atoms with Crippen LogP contribution in [0, 0.1) is 5.82 Å². The van der Waals surface area contributed by atoms with Crippen LogP contribution in [0.5, 0.6) is 5.75 Å². The fourth-order valence-corrected chi connectivity index (χ4v) is 3.80. The zero-order chi connectivity index (χ0) is 21.3. The van der Waals surface area contributed by atoms with Gasteiger partial charge in [-0.25, -0.2) is 18.1 Å². The molecule has 9 nitrogen and oxygen atoms in total. The summed E-state index contributed by atoms with van der Waals surface area (Å²) in [7, 11) is -3.06. The summed E-state index contributed by atoms with van der Waals surface area (Å²) >= 11 is 0. The SMILES string of the molecule is C[C@@H](O[P@H](=O)Oc1ccccc1)[C@H]1O[C@@H](n2cc(F)c(N)nc2=O)C(C)(F)[C@H]1O. The van der Waals surface area contributed by atoms with Crippen LogP contribution in [0.25, 0.3) is 0 Å². The molecule has 158 valence electrons. The standard InChI is InChI=1S/C17H20F2N3O6P/c1-9(27-29(25)28-10-6-4-3-5-7-10)12-13(23)17(2,19)15(26-12)22-8-11(18)14(20)21-16(22)24/h3-9,12-13,15,23,29H,1-2H3,(H2,20,21,24)/t9-,12-,13+,15-,17?/m1/s1. The second kappa shape index (κ2) is 8.19. The van der Waals surface area contributed by atoms with Crippen molar-refractivity contribution in [2.24, 2.45) is 0 Å². The summed E-state index contributed by atoms with van der Waals surface area (Å²) < 4.78 is 57.4. The van der Waals surface area contributed by atoms with Crippen LogP contribution in [0.3, 0.4) is 0 Å². The summed E-state index contributed by atoms with van der Waals surface area (Å²) in [6.07, 6.45) is -5.24. The number of anilines is 1. The lowest BCUT2D eigenvalue weighted by Gasteiger charge is -2.25. The topological polar surface area (TPSA) is 126 Å². The largest absolute Gasteiger partial charge is 0.426 e. The summed E-state index contributed by atoms with van der Waals surface area (Å²) in [5, 5.41) is 10.4. The molecule has 0 aliphatic carbocycles. The molecule has 6 atom stereocenters. The number of aromatic nitrogens is 2. The second-order valence-corrected chi connectivity index (χ2v) is 7.64. The van der Waals surface area contributed by atoms with Crippen molar-refractivity contribution in [3.63, 3.8) is 0 Å². The van der Waals surface area contributed by atoms with Crippen LogP contribution in [-0.2, 0) is 13.8 Å². The van der Waals surface area contributed by atoms with Crippen molar-refractivity contribution in [1.82, 2.24) is 9.55 Å². The summed E-state index contributed by atoms with van der Waals surface area (Å²) in [6, 6.07) is 8.24. The minimum Gasteiger partial charge on any atom is -0.426 e. The number of aliphatic hydroxyl groups is 1. The molecule has 0 bridgehead atoms. The Hall–Kier alpha value is -2.33. The number of nitrogens with zero attached hydrogens (tertiary/aromatic N) is 2. The Morgan fingerprint density at radius 3 is 2.72 bits per heavy atom. The van der Waals surface area contributed by atoms with E-state index in [0.717, 1.165) is 6.92 Å². The third-order valence-electron chi connectivity index (χ3n) is 4.53. The molecule has 1 aromatic heterocycles. The highest BCUT2D eigenvalue weighted by Gasteiger charge is 2.57. The quantitative estimate of drug-likeness (QED) is 0.664. The molecular weight excluding hydrogens is 411 g/mol. The van der Waals surface area contributed by atoms with Gasteiger partial charge in [-0.3, -0.25) is 9.09 Å². The molecule has 0 saturated carbocycles. The normalized spacial score (nSPS) is 28.8. The summed E-state index contributed by atoms with van der Waals surface area (Å²) in [5.41, 5.74) is 1.67. The third kappa shape index (κ3) is 4.32. The van der Waals surface area contributed by atoms with Crippen LogP contribution in [0.1, 0.15) is 20.1 Å². The maximum absolute atomic E-state index is 15.2. The van der Waals surface area contributed by atoms with E-state index in [1.165, 1.54) is 6.92 Å². The van der Waals surface area contributed by atoms with Gasteiger partial charge in [-0.15, -0.1) is 0 Å². The number of alkyl halides is 1. The van der Waals surface area contributed by atoms with E-state index in [-0.39, 0.29) is 0 Å². The Morgan fingerprint density at radius 1 is 1.41 bits per heavy atom. The highest BCUT2D eigenvalue weighted by molar-refractivity contribution is 7.33. The van der Waals surface area contributed by atoms with Crippen LogP contribution in [-0.4, -0.2) is 38.6 Å². The molecular formula is C17H20F2N3O6P. The van der Waals surface area contributed by atoms with E-state index in [4.69, 9.17) is 19.5 Å². The zero-order valence-corrected chi connectivity index (χ0v) is 16.5. The maximum atomic E-state index is 15.2. The number of benzene rings is 1. The van der Waals surface area contributed by atoms with E-state index < -0.39 is 55.8 Å². The van der Waals surface area contributed by atoms with Gasteiger partial charge in [0.15, 0.2) is 23.5 Å². The lowest BCUT2D eigenvalue weighted by molar-refractivity contribution is -0.0768. The highest BCUT2D eigenvalue weighted by Crippen LogP contribution is 2.43. The second-order valence-electron chi connectivity index (χ2n) is 6.70. The molecule has 2 heterocycles. The van der Waals surface area contributed by atoms with Gasteiger partial charge >= 0.3 is 13.9 Å². The first-order chi connectivity index (χ1) is 13.6. The number of ether oxygens (including phenoxy) is 1. The maximum Gasteiger partial charge on any atom is 0.368 e. The highest BCUT2D eigenvalue weighted by atomic mass is 31.1. The van der Waals surface area contributed by atoms with Gasteiger partial charge in [-0.2, -0.15) is 4.98 Å². The zero-order valence-electron chi connectivity index (χ0n) is 15.5. The monoisotopic (exact) mass is 431 g/mol. The first kappa shape index (κ1) is 21.4. The number of nitrogen functional groups attached to an aromatic ring is 1. The van der Waals surface area contributed by atoms with Crippen molar-refractivity contribution in [3.05, 3.63) is 52.8 Å². The Bertz CT molecular complexity index is 958. The molecule has 1 unspecified atom stereocenters. The molecule has 3 N–H and O–H groups in total. The number of para-hydroxylation sites is 1. The minimum atomic E-state index is -3.06. The third-order valence-corrected chi connectivity index (χ3v) is 5.50. The van der Waals surface area contributed by atoms with Gasteiger partial charge in [-0.05, 0) is 26.0 Å². The molecule has 3 rings (SSSR count). The predicted molar refractivity (Wildman–Crippen MR) is 98.9 cm³/mol. The van der Waals surface area contributed by atoms with Crippen LogP contribution in [0.4, 0.5) is 14.6 Å². The smallest absolute Gasteiger partial charge is 0.368 e. The van der Waals surface area contributed by atoms with Crippen molar-refractivity contribution in [1.29, 1.82) is 0 Å². The number of hydrogen-bond donors (Lipinski definition) is 2. The summed E-state index contributed by atoms with van der Waals surface area (Å²) in [5.74, 6) is -1.39. The Balaban J connectivity index is 1.76. The van der Waals surface area contributed by atoms with Gasteiger partial charge < -0.3 is 20.1 Å². The number of hydrogen-bond acceptors (Lipinski definition) is 8. The lowest BCUT2D eigenvalue weighted by atomic mass is 9.96. The molecule has 0 spiro atoms. The number of rotatable bonds is 6. The van der Waals surface area contributed by atoms with Crippen LogP contribution in [0.2, 0.25) is 0 Å². The van der Waals surface area contributed by atoms with E-state index >= 15 is 4.39 Å². The first-order valence-electron chi connectivity index (χ1n) is 8.61. The molecule has 2 aromatic rings. The van der Waals surface area contributed by atoms with Crippen molar-refractivity contribution in [2.75, 3.05) is 5.73 Å². The van der Waals surface area contributed by atoms with E-state index in [1.54, 1.807) is 30.3 Å². The average molecular weight is 431 g/mol. The van der Waals surface area contributed by atoms with Gasteiger partial charge in [-0.1, -0.05) is 18.2 Å². The van der Waals surface area contributed by atoms with Gasteiger partial charge in [0.05, 0.1) is 12.3 Å². The Kier molecular flexibility index (Phi) is 6.04. The molecule has 29 heavy (non-hydrogen) atoms. The van der Waals surface area contributed by atoms with Gasteiger partial charge in [0.25, 0.3) is 0 Å². The molecule has 0 amide bonds. The summed E-state index contributed by atoms with van der Waals surface area (Å²) in [6.45, 7) is 2.38.